The Morgan fingerprint density at radius 2 is 2.09 bits per heavy atom. The molecule has 1 saturated heterocycles. The molecule has 0 aliphatic carbocycles. The van der Waals surface area contributed by atoms with E-state index in [4.69, 9.17) is 0 Å². The molecule has 6 nitrogen and oxygen atoms in total. The van der Waals surface area contributed by atoms with Crippen molar-refractivity contribution in [2.24, 2.45) is 11.3 Å². The highest BCUT2D eigenvalue weighted by Gasteiger charge is 2.32. The second-order valence-electron chi connectivity index (χ2n) is 6.97. The highest BCUT2D eigenvalue weighted by Crippen LogP contribution is 2.36. The van der Waals surface area contributed by atoms with Crippen molar-refractivity contribution >= 4 is 6.03 Å². The maximum absolute atomic E-state index is 12.2. The Morgan fingerprint density at radius 1 is 1.41 bits per heavy atom. The lowest BCUT2D eigenvalue weighted by Gasteiger charge is -2.40. The number of likely N-dealkylation sites (tertiary alicyclic amines) is 1. The number of nitrogens with one attached hydrogen (secondary N) is 2. The molecule has 1 aliphatic heterocycles. The van der Waals surface area contributed by atoms with E-state index in [1.807, 2.05) is 4.90 Å². The molecule has 0 bridgehead atoms. The summed E-state index contributed by atoms with van der Waals surface area (Å²) in [5, 5.41) is 9.10. The molecule has 122 valence electrons. The summed E-state index contributed by atoms with van der Waals surface area (Å²) in [6, 6.07) is 2.97. The third-order valence-corrected chi connectivity index (χ3v) is 4.32. The van der Waals surface area contributed by atoms with Crippen LogP contribution in [0.1, 0.15) is 45.7 Å². The minimum Gasteiger partial charge on any atom is -0.332 e. The lowest BCUT2D eigenvalue weighted by molar-refractivity contribution is 0.111. The Balaban J connectivity index is 1.80. The summed E-state index contributed by atoms with van der Waals surface area (Å²) in [6.07, 6.45) is 3.31. The number of nitrogens with zero attached hydrogens (tertiary/aromatic N) is 2. The van der Waals surface area contributed by atoms with Gasteiger partial charge in [-0.05, 0) is 36.7 Å². The van der Waals surface area contributed by atoms with Crippen molar-refractivity contribution in [2.45, 2.75) is 46.6 Å². The van der Waals surface area contributed by atoms with E-state index in [1.165, 1.54) is 12.5 Å². The maximum Gasteiger partial charge on any atom is 0.317 e. The van der Waals surface area contributed by atoms with Gasteiger partial charge in [-0.3, -0.25) is 4.79 Å². The molecule has 1 aromatic rings. The normalized spacial score (nSPS) is 17.5. The van der Waals surface area contributed by atoms with Gasteiger partial charge in [-0.1, -0.05) is 20.8 Å². The molecule has 2 rings (SSSR count). The van der Waals surface area contributed by atoms with Crippen LogP contribution in [0.15, 0.2) is 16.9 Å². The second kappa shape index (κ2) is 6.94. The molecule has 1 fully saturated rings. The Bertz CT molecular complexity index is 539. The highest BCUT2D eigenvalue weighted by atomic mass is 16.2. The number of piperidine rings is 1. The smallest absolute Gasteiger partial charge is 0.317 e. The molecule has 0 radical (unpaired) electrons. The first kappa shape index (κ1) is 16.5. The van der Waals surface area contributed by atoms with Crippen LogP contribution in [-0.2, 0) is 6.54 Å². The van der Waals surface area contributed by atoms with Gasteiger partial charge in [-0.25, -0.2) is 9.89 Å². The maximum atomic E-state index is 12.2. The first-order valence-corrected chi connectivity index (χ1v) is 7.95. The minimum atomic E-state index is -0.240. The quantitative estimate of drug-likeness (QED) is 0.894. The van der Waals surface area contributed by atoms with Gasteiger partial charge in [0.25, 0.3) is 5.56 Å². The van der Waals surface area contributed by atoms with Gasteiger partial charge in [-0.2, -0.15) is 5.10 Å². The fraction of sp³-hybridized carbons (Fsp3) is 0.688. The van der Waals surface area contributed by atoms with E-state index in [0.29, 0.717) is 23.6 Å². The van der Waals surface area contributed by atoms with Crippen molar-refractivity contribution < 1.29 is 4.79 Å². The van der Waals surface area contributed by atoms with E-state index in [-0.39, 0.29) is 11.6 Å². The first-order chi connectivity index (χ1) is 10.4. The monoisotopic (exact) mass is 306 g/mol. The number of hydrogen-bond donors (Lipinski definition) is 2. The Morgan fingerprint density at radius 3 is 2.64 bits per heavy atom. The molecule has 0 atom stereocenters. The predicted molar refractivity (Wildman–Crippen MR) is 85.5 cm³/mol. The zero-order valence-electron chi connectivity index (χ0n) is 13.7. The summed E-state index contributed by atoms with van der Waals surface area (Å²) < 4.78 is 0. The zero-order valence-corrected chi connectivity index (χ0v) is 13.7. The molecule has 2 N–H and O–H groups in total. The summed E-state index contributed by atoms with van der Waals surface area (Å²) >= 11 is 0. The molecule has 6 heteroatoms. The Kier molecular flexibility index (Phi) is 5.21. The Labute approximate surface area is 131 Å². The zero-order chi connectivity index (χ0) is 16.2. The van der Waals surface area contributed by atoms with E-state index in [2.05, 4.69) is 36.3 Å². The third kappa shape index (κ3) is 4.58. The number of H-pyrrole nitrogens is 1. The number of carbonyl (C=O) groups excluding carboxylic acids is 1. The van der Waals surface area contributed by atoms with E-state index in [1.54, 1.807) is 6.07 Å². The van der Waals surface area contributed by atoms with Crippen LogP contribution in [0, 0.1) is 11.3 Å². The minimum absolute atomic E-state index is 0.0559. The lowest BCUT2D eigenvalue weighted by atomic mass is 9.74. The largest absolute Gasteiger partial charge is 0.332 e. The molecule has 0 spiro atoms. The molecular formula is C16H26N4O2. The second-order valence-corrected chi connectivity index (χ2v) is 6.97. The summed E-state index contributed by atoms with van der Waals surface area (Å²) in [6.45, 7) is 8.76. The number of amides is 2. The fourth-order valence-corrected chi connectivity index (χ4v) is 3.19. The van der Waals surface area contributed by atoms with Crippen LogP contribution in [0.25, 0.3) is 0 Å². The summed E-state index contributed by atoms with van der Waals surface area (Å²) in [5.41, 5.74) is 0.760. The van der Waals surface area contributed by atoms with Crippen LogP contribution >= 0.6 is 0 Å². The number of urea groups is 1. The van der Waals surface area contributed by atoms with Crippen molar-refractivity contribution in [3.8, 4) is 0 Å². The van der Waals surface area contributed by atoms with Crippen molar-refractivity contribution in [1.82, 2.24) is 20.4 Å². The van der Waals surface area contributed by atoms with E-state index < -0.39 is 0 Å². The van der Waals surface area contributed by atoms with E-state index >= 15 is 0 Å². The summed E-state index contributed by atoms with van der Waals surface area (Å²) in [5.74, 6) is 0.691. The Hall–Kier alpha value is -1.85. The molecule has 0 saturated carbocycles. The lowest BCUT2D eigenvalue weighted by Crippen LogP contribution is -2.46. The van der Waals surface area contributed by atoms with Crippen LogP contribution in [0.2, 0.25) is 0 Å². The van der Waals surface area contributed by atoms with Gasteiger partial charge in [0.1, 0.15) is 0 Å². The average molecular weight is 306 g/mol. The van der Waals surface area contributed by atoms with E-state index in [0.717, 1.165) is 25.9 Å². The molecular weight excluding hydrogens is 280 g/mol. The van der Waals surface area contributed by atoms with Crippen LogP contribution in [0.5, 0.6) is 0 Å². The number of hydrogen-bond acceptors (Lipinski definition) is 3. The van der Waals surface area contributed by atoms with Crippen LogP contribution < -0.4 is 10.9 Å². The molecule has 1 aromatic heterocycles. The molecule has 2 heterocycles. The fourth-order valence-electron chi connectivity index (χ4n) is 3.19. The first-order valence-electron chi connectivity index (χ1n) is 7.95. The molecule has 1 aliphatic rings. The average Bonchev–Trinajstić information content (AvgIpc) is 2.46. The number of rotatable bonds is 4. The highest BCUT2D eigenvalue weighted by molar-refractivity contribution is 5.74. The summed E-state index contributed by atoms with van der Waals surface area (Å²) in [4.78, 5) is 25.0. The topological polar surface area (TPSA) is 78.1 Å². The SMILES string of the molecule is CC(C)CC1(C)CCN(C(=O)NCc2ccc(=O)[nH]n2)CC1. The number of carbonyl (C=O) groups is 1. The van der Waals surface area contributed by atoms with Crippen molar-refractivity contribution in [2.75, 3.05) is 13.1 Å². The third-order valence-electron chi connectivity index (χ3n) is 4.32. The number of aromatic nitrogens is 2. The predicted octanol–water partition coefficient (Wildman–Crippen LogP) is 2.13. The molecule has 2 amide bonds. The van der Waals surface area contributed by atoms with Crippen LogP contribution in [0.4, 0.5) is 4.79 Å². The van der Waals surface area contributed by atoms with Gasteiger partial charge in [0.15, 0.2) is 0 Å². The van der Waals surface area contributed by atoms with Crippen molar-refractivity contribution in [3.05, 3.63) is 28.2 Å². The van der Waals surface area contributed by atoms with Crippen molar-refractivity contribution in [1.29, 1.82) is 0 Å². The molecule has 0 aromatic carbocycles. The van der Waals surface area contributed by atoms with Crippen molar-refractivity contribution in [3.63, 3.8) is 0 Å². The van der Waals surface area contributed by atoms with Gasteiger partial charge in [0.2, 0.25) is 0 Å². The van der Waals surface area contributed by atoms with E-state index in [9.17, 15) is 9.59 Å². The standard InChI is InChI=1S/C16H26N4O2/c1-12(2)10-16(3)6-8-20(9-7-16)15(22)17-11-13-4-5-14(21)19-18-13/h4-5,12H,6-11H2,1-3H3,(H,17,22)(H,19,21). The van der Waals surface area contributed by atoms with Gasteiger partial charge in [-0.15, -0.1) is 0 Å². The van der Waals surface area contributed by atoms with Crippen LogP contribution in [0.3, 0.4) is 0 Å². The molecule has 22 heavy (non-hydrogen) atoms. The van der Waals surface area contributed by atoms with Gasteiger partial charge in [0.05, 0.1) is 12.2 Å². The van der Waals surface area contributed by atoms with Gasteiger partial charge >= 0.3 is 6.03 Å². The summed E-state index contributed by atoms with van der Waals surface area (Å²) in [7, 11) is 0. The van der Waals surface area contributed by atoms with Gasteiger partial charge < -0.3 is 10.2 Å². The molecule has 0 unspecified atom stereocenters. The van der Waals surface area contributed by atoms with Crippen LogP contribution in [-0.4, -0.2) is 34.2 Å². The van der Waals surface area contributed by atoms with Gasteiger partial charge in [0, 0.05) is 19.2 Å². The number of aromatic amines is 1.